The van der Waals surface area contributed by atoms with Crippen molar-refractivity contribution in [1.29, 1.82) is 5.26 Å². The average molecular weight is 274 g/mol. The molecule has 3 aromatic rings. The lowest BCUT2D eigenvalue weighted by molar-refractivity contribution is 1.27. The first kappa shape index (κ1) is 13.1. The lowest BCUT2D eigenvalue weighted by Gasteiger charge is -1.97. The van der Waals surface area contributed by atoms with Gasteiger partial charge >= 0.3 is 0 Å². The van der Waals surface area contributed by atoms with E-state index >= 15 is 0 Å². The number of nitriles is 1. The van der Waals surface area contributed by atoms with Crippen LogP contribution in [-0.4, -0.2) is 15.0 Å². The van der Waals surface area contributed by atoms with E-state index in [9.17, 15) is 5.26 Å². The van der Waals surface area contributed by atoms with Gasteiger partial charge in [-0.15, -0.1) is 0 Å². The molecular formula is C17H14N4. The fourth-order valence-electron chi connectivity index (χ4n) is 2.18. The molecule has 0 aliphatic heterocycles. The van der Waals surface area contributed by atoms with Gasteiger partial charge in [-0.25, -0.2) is 4.98 Å². The number of rotatable bonds is 2. The predicted octanol–water partition coefficient (Wildman–Crippen LogP) is 3.64. The molecular weight excluding hydrogens is 260 g/mol. The van der Waals surface area contributed by atoms with Crippen LogP contribution in [0.1, 0.15) is 22.5 Å². The third-order valence-corrected chi connectivity index (χ3v) is 3.47. The molecule has 1 N–H and O–H groups in total. The number of benzene rings is 1. The van der Waals surface area contributed by atoms with Crippen LogP contribution >= 0.6 is 0 Å². The summed E-state index contributed by atoms with van der Waals surface area (Å²) in [6.07, 6.45) is 5.20. The molecule has 0 radical (unpaired) electrons. The molecule has 2 aromatic heterocycles. The molecule has 0 unspecified atom stereocenters. The maximum atomic E-state index is 9.38. The zero-order valence-electron chi connectivity index (χ0n) is 11.9. The summed E-state index contributed by atoms with van der Waals surface area (Å²) in [5.41, 5.74) is 5.58. The zero-order valence-corrected chi connectivity index (χ0v) is 11.9. The van der Waals surface area contributed by atoms with E-state index < -0.39 is 0 Å². The number of nitrogens with zero attached hydrogens (tertiary/aromatic N) is 3. The second kappa shape index (κ2) is 5.22. The van der Waals surface area contributed by atoms with Gasteiger partial charge in [-0.3, -0.25) is 4.98 Å². The molecule has 0 fully saturated rings. The van der Waals surface area contributed by atoms with Crippen LogP contribution in [0.15, 0.2) is 36.7 Å². The fourth-order valence-corrected chi connectivity index (χ4v) is 2.18. The molecule has 0 spiro atoms. The zero-order chi connectivity index (χ0) is 14.8. The lowest BCUT2D eigenvalue weighted by Crippen LogP contribution is -1.85. The number of pyridine rings is 1. The van der Waals surface area contributed by atoms with Gasteiger partial charge in [0.05, 0.1) is 16.6 Å². The van der Waals surface area contributed by atoms with Crippen LogP contribution in [0, 0.1) is 25.2 Å². The molecule has 1 aromatic carbocycles. The third-order valence-electron chi connectivity index (χ3n) is 3.47. The van der Waals surface area contributed by atoms with Crippen molar-refractivity contribution in [3.05, 3.63) is 59.2 Å². The number of fused-ring (bicyclic) bond motifs is 1. The fraction of sp³-hybridized carbons (Fsp3) is 0.118. The first-order valence-electron chi connectivity index (χ1n) is 6.66. The number of hydrogen-bond donors (Lipinski definition) is 1. The van der Waals surface area contributed by atoms with Gasteiger partial charge in [0, 0.05) is 12.4 Å². The van der Waals surface area contributed by atoms with Gasteiger partial charge in [0.2, 0.25) is 0 Å². The highest BCUT2D eigenvalue weighted by atomic mass is 14.9. The quantitative estimate of drug-likeness (QED) is 0.725. The largest absolute Gasteiger partial charge is 0.337 e. The normalized spacial score (nSPS) is 11.6. The highest BCUT2D eigenvalue weighted by Gasteiger charge is 2.09. The van der Waals surface area contributed by atoms with Gasteiger partial charge in [0.25, 0.3) is 0 Å². The molecule has 4 heteroatoms. The van der Waals surface area contributed by atoms with Crippen LogP contribution in [0.2, 0.25) is 0 Å². The minimum atomic E-state index is 0.495. The first-order valence-corrected chi connectivity index (χ1v) is 6.66. The molecule has 4 nitrogen and oxygen atoms in total. The molecule has 0 aliphatic carbocycles. The second-order valence-electron chi connectivity index (χ2n) is 5.00. The maximum Gasteiger partial charge on any atom is 0.149 e. The average Bonchev–Trinajstić information content (AvgIpc) is 2.89. The Bertz CT molecular complexity index is 828. The summed E-state index contributed by atoms with van der Waals surface area (Å²) in [5, 5.41) is 9.38. The molecule has 0 amide bonds. The lowest BCUT2D eigenvalue weighted by atomic mass is 10.1. The van der Waals surface area contributed by atoms with Gasteiger partial charge in [0.1, 0.15) is 11.9 Å². The Hall–Kier alpha value is -2.93. The summed E-state index contributed by atoms with van der Waals surface area (Å²) in [6.45, 7) is 4.12. The number of imidazole rings is 1. The summed E-state index contributed by atoms with van der Waals surface area (Å²) in [4.78, 5) is 11.8. The van der Waals surface area contributed by atoms with Crippen LogP contribution < -0.4 is 0 Å². The monoisotopic (exact) mass is 274 g/mol. The highest BCUT2D eigenvalue weighted by molar-refractivity contribution is 5.90. The molecule has 3 rings (SSSR count). The molecule has 0 saturated heterocycles. The summed E-state index contributed by atoms with van der Waals surface area (Å²) in [6, 6.07) is 10.0. The van der Waals surface area contributed by atoms with Crippen molar-refractivity contribution in [3.63, 3.8) is 0 Å². The SMILES string of the molecule is Cc1cc2nc(C(C#N)=Cc3cccnc3)[nH]c2cc1C. The minimum absolute atomic E-state index is 0.495. The van der Waals surface area contributed by atoms with Crippen molar-refractivity contribution in [3.8, 4) is 6.07 Å². The van der Waals surface area contributed by atoms with Crippen LogP contribution in [0.3, 0.4) is 0 Å². The van der Waals surface area contributed by atoms with E-state index in [4.69, 9.17) is 0 Å². The Kier molecular flexibility index (Phi) is 3.25. The topological polar surface area (TPSA) is 65.4 Å². The number of aryl methyl sites for hydroxylation is 2. The summed E-state index contributed by atoms with van der Waals surface area (Å²) < 4.78 is 0. The van der Waals surface area contributed by atoms with Gasteiger partial charge < -0.3 is 4.98 Å². The van der Waals surface area contributed by atoms with Crippen molar-refractivity contribution in [2.24, 2.45) is 0 Å². The van der Waals surface area contributed by atoms with Crippen LogP contribution in [0.5, 0.6) is 0 Å². The van der Waals surface area contributed by atoms with Gasteiger partial charge in [0.15, 0.2) is 0 Å². The van der Waals surface area contributed by atoms with Crippen molar-refractivity contribution in [1.82, 2.24) is 15.0 Å². The highest BCUT2D eigenvalue weighted by Crippen LogP contribution is 2.21. The molecule has 102 valence electrons. The van der Waals surface area contributed by atoms with Crippen molar-refractivity contribution in [2.75, 3.05) is 0 Å². The van der Waals surface area contributed by atoms with Crippen molar-refractivity contribution in [2.45, 2.75) is 13.8 Å². The van der Waals surface area contributed by atoms with Gasteiger partial charge in [-0.2, -0.15) is 5.26 Å². The Balaban J connectivity index is 2.10. The number of hydrogen-bond acceptors (Lipinski definition) is 3. The molecule has 21 heavy (non-hydrogen) atoms. The van der Waals surface area contributed by atoms with Gasteiger partial charge in [-0.1, -0.05) is 6.07 Å². The Morgan fingerprint density at radius 3 is 2.81 bits per heavy atom. The minimum Gasteiger partial charge on any atom is -0.337 e. The molecule has 2 heterocycles. The van der Waals surface area contributed by atoms with E-state index in [-0.39, 0.29) is 0 Å². The van der Waals surface area contributed by atoms with E-state index in [0.717, 1.165) is 16.6 Å². The molecule has 0 aliphatic rings. The van der Waals surface area contributed by atoms with E-state index in [0.29, 0.717) is 11.4 Å². The number of aromatic nitrogens is 3. The van der Waals surface area contributed by atoms with E-state index in [1.165, 1.54) is 11.1 Å². The van der Waals surface area contributed by atoms with Crippen LogP contribution in [-0.2, 0) is 0 Å². The Morgan fingerprint density at radius 2 is 2.10 bits per heavy atom. The van der Waals surface area contributed by atoms with Crippen LogP contribution in [0.4, 0.5) is 0 Å². The standard InChI is InChI=1S/C17H14N4/c1-11-6-15-16(7-12(11)2)21-17(20-15)14(9-18)8-13-4-3-5-19-10-13/h3-8,10H,1-2H3,(H,20,21). The third kappa shape index (κ3) is 2.54. The second-order valence-corrected chi connectivity index (χ2v) is 5.00. The Morgan fingerprint density at radius 1 is 1.29 bits per heavy atom. The number of aromatic amines is 1. The summed E-state index contributed by atoms with van der Waals surface area (Å²) in [7, 11) is 0. The van der Waals surface area contributed by atoms with E-state index in [2.05, 4.69) is 40.9 Å². The Labute approximate surface area is 122 Å². The maximum absolute atomic E-state index is 9.38. The van der Waals surface area contributed by atoms with Gasteiger partial charge in [-0.05, 0) is 54.8 Å². The van der Waals surface area contributed by atoms with Crippen molar-refractivity contribution < 1.29 is 0 Å². The molecule has 0 bridgehead atoms. The number of nitrogens with one attached hydrogen (secondary N) is 1. The molecule has 0 saturated carbocycles. The first-order chi connectivity index (χ1) is 10.2. The van der Waals surface area contributed by atoms with E-state index in [1.54, 1.807) is 18.5 Å². The summed E-state index contributed by atoms with van der Waals surface area (Å²) in [5.74, 6) is 0.585. The van der Waals surface area contributed by atoms with Crippen LogP contribution in [0.25, 0.3) is 22.7 Å². The number of allylic oxidation sites excluding steroid dienone is 1. The summed E-state index contributed by atoms with van der Waals surface area (Å²) >= 11 is 0. The van der Waals surface area contributed by atoms with E-state index in [1.807, 2.05) is 18.2 Å². The predicted molar refractivity (Wildman–Crippen MR) is 83.3 cm³/mol. The number of H-pyrrole nitrogens is 1. The molecule has 0 atom stereocenters. The smallest absolute Gasteiger partial charge is 0.149 e. The van der Waals surface area contributed by atoms with Crippen molar-refractivity contribution >= 4 is 22.7 Å².